The number of H-pyrrole nitrogens is 1. The average molecular weight is 264 g/mol. The molecule has 1 aromatic rings. The van der Waals surface area contributed by atoms with Crippen molar-refractivity contribution in [2.75, 3.05) is 13.1 Å². The molecule has 2 atom stereocenters. The fraction of sp³-hybridized carbons (Fsp3) is 0.571. The second-order valence-corrected chi connectivity index (χ2v) is 5.59. The lowest BCUT2D eigenvalue weighted by Crippen LogP contribution is -2.29. The molecule has 2 heterocycles. The van der Waals surface area contributed by atoms with Gasteiger partial charge < -0.3 is 15.0 Å². The summed E-state index contributed by atoms with van der Waals surface area (Å²) < 4.78 is 0. The third-order valence-corrected chi connectivity index (χ3v) is 4.14. The Bertz CT molecular complexity index is 523. The van der Waals surface area contributed by atoms with Gasteiger partial charge in [0.15, 0.2) is 0 Å². The summed E-state index contributed by atoms with van der Waals surface area (Å²) in [5.74, 6) is -0.109. The highest BCUT2D eigenvalue weighted by atomic mass is 16.4. The SMILES string of the molecule is Cc1[nH]c(C(=O)O)c(C)c1C(=O)N1CC(C)C(C)C1. The number of aromatic amines is 1. The third kappa shape index (κ3) is 2.25. The summed E-state index contributed by atoms with van der Waals surface area (Å²) in [6, 6.07) is 0. The van der Waals surface area contributed by atoms with Crippen molar-refractivity contribution in [3.8, 4) is 0 Å². The van der Waals surface area contributed by atoms with Gasteiger partial charge in [0, 0.05) is 18.8 Å². The van der Waals surface area contributed by atoms with Crippen molar-refractivity contribution in [1.29, 1.82) is 0 Å². The molecular formula is C14H20N2O3. The fourth-order valence-electron chi connectivity index (χ4n) is 2.74. The number of aryl methyl sites for hydroxylation is 1. The lowest BCUT2D eigenvalue weighted by Gasteiger charge is -2.16. The third-order valence-electron chi connectivity index (χ3n) is 4.14. The molecule has 5 heteroatoms. The highest BCUT2D eigenvalue weighted by Crippen LogP contribution is 2.26. The highest BCUT2D eigenvalue weighted by molar-refractivity contribution is 6.00. The fourth-order valence-corrected chi connectivity index (χ4v) is 2.74. The van der Waals surface area contributed by atoms with Gasteiger partial charge in [0.05, 0.1) is 5.56 Å². The monoisotopic (exact) mass is 264 g/mol. The van der Waals surface area contributed by atoms with Crippen molar-refractivity contribution in [3.63, 3.8) is 0 Å². The first-order chi connectivity index (χ1) is 8.82. The molecule has 0 aromatic carbocycles. The van der Waals surface area contributed by atoms with E-state index < -0.39 is 5.97 Å². The van der Waals surface area contributed by atoms with E-state index in [1.807, 2.05) is 4.90 Å². The standard InChI is InChI=1S/C14H20N2O3/c1-7-5-16(6-8(7)2)13(17)11-9(3)12(14(18)19)15-10(11)4/h7-8,15H,5-6H2,1-4H3,(H,18,19). The maximum absolute atomic E-state index is 12.5. The minimum Gasteiger partial charge on any atom is -0.477 e. The molecule has 104 valence electrons. The van der Waals surface area contributed by atoms with Crippen molar-refractivity contribution in [1.82, 2.24) is 9.88 Å². The van der Waals surface area contributed by atoms with Crippen LogP contribution in [0.25, 0.3) is 0 Å². The topological polar surface area (TPSA) is 73.4 Å². The first-order valence-corrected chi connectivity index (χ1v) is 6.54. The summed E-state index contributed by atoms with van der Waals surface area (Å²) in [7, 11) is 0. The molecule has 5 nitrogen and oxygen atoms in total. The summed E-state index contributed by atoms with van der Waals surface area (Å²) >= 11 is 0. The van der Waals surface area contributed by atoms with Gasteiger partial charge in [-0.3, -0.25) is 4.79 Å². The summed E-state index contributed by atoms with van der Waals surface area (Å²) in [5.41, 5.74) is 1.79. The van der Waals surface area contributed by atoms with Crippen LogP contribution in [0.5, 0.6) is 0 Å². The molecule has 0 spiro atoms. The molecule has 1 aliphatic heterocycles. The number of hydrogen-bond acceptors (Lipinski definition) is 2. The van der Waals surface area contributed by atoms with Crippen molar-refractivity contribution >= 4 is 11.9 Å². The molecular weight excluding hydrogens is 244 g/mol. The second-order valence-electron chi connectivity index (χ2n) is 5.59. The Morgan fingerprint density at radius 1 is 1.21 bits per heavy atom. The Labute approximate surface area is 112 Å². The number of carbonyl (C=O) groups is 2. The molecule has 0 saturated carbocycles. The van der Waals surface area contributed by atoms with Crippen molar-refractivity contribution < 1.29 is 14.7 Å². The number of hydrogen-bond donors (Lipinski definition) is 2. The minimum atomic E-state index is -1.03. The number of nitrogens with one attached hydrogen (secondary N) is 1. The van der Waals surface area contributed by atoms with Crippen molar-refractivity contribution in [2.24, 2.45) is 11.8 Å². The first kappa shape index (κ1) is 13.6. The smallest absolute Gasteiger partial charge is 0.352 e. The first-order valence-electron chi connectivity index (χ1n) is 6.54. The number of amides is 1. The number of carboxylic acid groups (broad SMARTS) is 1. The van der Waals surface area contributed by atoms with E-state index in [0.29, 0.717) is 28.7 Å². The quantitative estimate of drug-likeness (QED) is 0.858. The number of carboxylic acids is 1. The second kappa shape index (κ2) is 4.72. The van der Waals surface area contributed by atoms with Crippen molar-refractivity contribution in [3.05, 3.63) is 22.5 Å². The van der Waals surface area contributed by atoms with Gasteiger partial charge in [-0.1, -0.05) is 13.8 Å². The summed E-state index contributed by atoms with van der Waals surface area (Å²) in [6.07, 6.45) is 0. The van der Waals surface area contributed by atoms with E-state index in [0.717, 1.165) is 13.1 Å². The normalized spacial score (nSPS) is 22.8. The minimum absolute atomic E-state index is 0.0602. The van der Waals surface area contributed by atoms with Crippen LogP contribution in [0.1, 0.15) is 46.0 Å². The van der Waals surface area contributed by atoms with E-state index in [2.05, 4.69) is 18.8 Å². The van der Waals surface area contributed by atoms with Crippen LogP contribution >= 0.6 is 0 Å². The molecule has 19 heavy (non-hydrogen) atoms. The molecule has 1 aromatic heterocycles. The van der Waals surface area contributed by atoms with Crippen molar-refractivity contribution in [2.45, 2.75) is 27.7 Å². The predicted molar refractivity (Wildman–Crippen MR) is 71.5 cm³/mol. The number of aromatic nitrogens is 1. The van der Waals surface area contributed by atoms with Gasteiger partial charge in [0.25, 0.3) is 5.91 Å². The van der Waals surface area contributed by atoms with Crippen LogP contribution in [0.4, 0.5) is 0 Å². The number of nitrogens with zero attached hydrogens (tertiary/aromatic N) is 1. The van der Waals surface area contributed by atoms with E-state index in [-0.39, 0.29) is 11.6 Å². The van der Waals surface area contributed by atoms with Gasteiger partial charge >= 0.3 is 5.97 Å². The molecule has 2 unspecified atom stereocenters. The van der Waals surface area contributed by atoms with Crippen LogP contribution in [0, 0.1) is 25.7 Å². The van der Waals surface area contributed by atoms with Crippen LogP contribution < -0.4 is 0 Å². The van der Waals surface area contributed by atoms with E-state index in [1.165, 1.54) is 0 Å². The summed E-state index contributed by atoms with van der Waals surface area (Å²) in [5, 5.41) is 9.08. The van der Waals surface area contributed by atoms with Gasteiger partial charge in [-0.2, -0.15) is 0 Å². The molecule has 1 fully saturated rings. The van der Waals surface area contributed by atoms with Crippen LogP contribution in [-0.2, 0) is 0 Å². The largest absolute Gasteiger partial charge is 0.477 e. The van der Waals surface area contributed by atoms with E-state index in [4.69, 9.17) is 5.11 Å². The molecule has 1 amide bonds. The lowest BCUT2D eigenvalue weighted by molar-refractivity contribution is 0.0690. The van der Waals surface area contributed by atoms with Crippen LogP contribution in [-0.4, -0.2) is 40.0 Å². The Balaban J connectivity index is 2.32. The Hall–Kier alpha value is -1.78. The average Bonchev–Trinajstić information content (AvgIpc) is 2.80. The maximum Gasteiger partial charge on any atom is 0.352 e. The molecule has 2 rings (SSSR count). The summed E-state index contributed by atoms with van der Waals surface area (Å²) in [4.78, 5) is 28.2. The Kier molecular flexibility index (Phi) is 3.39. The number of carbonyl (C=O) groups excluding carboxylic acids is 1. The number of rotatable bonds is 2. The van der Waals surface area contributed by atoms with Gasteiger partial charge in [-0.15, -0.1) is 0 Å². The highest BCUT2D eigenvalue weighted by Gasteiger charge is 2.32. The zero-order valence-corrected chi connectivity index (χ0v) is 11.8. The van der Waals surface area contributed by atoms with Gasteiger partial charge in [-0.05, 0) is 31.2 Å². The zero-order valence-electron chi connectivity index (χ0n) is 11.8. The molecule has 2 N–H and O–H groups in total. The maximum atomic E-state index is 12.5. The Morgan fingerprint density at radius 3 is 2.16 bits per heavy atom. The lowest BCUT2D eigenvalue weighted by atomic mass is 10.0. The van der Waals surface area contributed by atoms with E-state index in [9.17, 15) is 9.59 Å². The van der Waals surface area contributed by atoms with E-state index in [1.54, 1.807) is 13.8 Å². The number of likely N-dealkylation sites (tertiary alicyclic amines) is 1. The Morgan fingerprint density at radius 2 is 1.74 bits per heavy atom. The van der Waals surface area contributed by atoms with E-state index >= 15 is 0 Å². The number of aromatic carboxylic acids is 1. The van der Waals surface area contributed by atoms with Crippen LogP contribution in [0.2, 0.25) is 0 Å². The predicted octanol–water partition coefficient (Wildman–Crippen LogP) is 2.06. The van der Waals surface area contributed by atoms with Crippen LogP contribution in [0.15, 0.2) is 0 Å². The van der Waals surface area contributed by atoms with Gasteiger partial charge in [0.2, 0.25) is 0 Å². The molecule has 0 radical (unpaired) electrons. The molecule has 1 saturated heterocycles. The van der Waals surface area contributed by atoms with Crippen LogP contribution in [0.3, 0.4) is 0 Å². The zero-order chi connectivity index (χ0) is 14.3. The summed E-state index contributed by atoms with van der Waals surface area (Å²) in [6.45, 7) is 9.19. The molecule has 0 aliphatic carbocycles. The molecule has 1 aliphatic rings. The van der Waals surface area contributed by atoms with Gasteiger partial charge in [-0.25, -0.2) is 4.79 Å². The van der Waals surface area contributed by atoms with Gasteiger partial charge in [0.1, 0.15) is 5.69 Å². The molecule has 0 bridgehead atoms.